The average Bonchev–Trinajstić information content (AvgIpc) is 3.57. The van der Waals surface area contributed by atoms with Crippen LogP contribution in [0.3, 0.4) is 0 Å². The van der Waals surface area contributed by atoms with Gasteiger partial charge in [0, 0.05) is 6.04 Å². The molecule has 4 aromatic rings. The predicted octanol–water partition coefficient (Wildman–Crippen LogP) is 10.5. The third-order valence-electron chi connectivity index (χ3n) is 10.8. The van der Waals surface area contributed by atoms with Crippen molar-refractivity contribution in [3.8, 4) is 0 Å². The summed E-state index contributed by atoms with van der Waals surface area (Å²) in [6.07, 6.45) is 0.315. The van der Waals surface area contributed by atoms with Gasteiger partial charge in [-0.1, -0.05) is 125 Å². The van der Waals surface area contributed by atoms with Gasteiger partial charge in [0.25, 0.3) is 5.91 Å². The molecule has 5 rings (SSSR count). The SMILES string of the molecule is CCOC(=O)c1cccc([C@@H](C)N2C(=O)C(CC(C)C)(c3ccccc3)N=C2NC(=O)OC(C)(C)C)c1.CCOC(=O)c1cccc([C@@H](C)NC(C)=S)c1.COC(=O)C(N)(CC(C)C)c1ccccc1. The first-order valence-electron chi connectivity index (χ1n) is 23.7. The Kier molecular flexibility index (Phi) is 21.9. The zero-order valence-electron chi connectivity index (χ0n) is 43.1. The number of guanidine groups is 1. The molecule has 1 aliphatic rings. The highest BCUT2D eigenvalue weighted by molar-refractivity contribution is 7.80. The molecule has 378 valence electrons. The summed E-state index contributed by atoms with van der Waals surface area (Å²) in [5.74, 6) is -0.802. The summed E-state index contributed by atoms with van der Waals surface area (Å²) in [4.78, 5) is 70.0. The maximum atomic E-state index is 14.3. The van der Waals surface area contributed by atoms with E-state index in [0.29, 0.717) is 42.1 Å². The lowest BCUT2D eigenvalue weighted by Gasteiger charge is -2.31. The van der Waals surface area contributed by atoms with E-state index in [-0.39, 0.29) is 42.4 Å². The maximum Gasteiger partial charge on any atom is 0.414 e. The number of nitrogens with one attached hydrogen (secondary N) is 2. The standard InChI is InChI=1S/C29H37N3O5.C13H17NO2S.C13H19NO2/c1-8-36-24(33)22-14-12-13-21(17-22)20(4)32-25(34)29(18-19(2)3,23-15-10-9-11-16-23)31-26(32)30-27(35)37-28(5,6)7;1-4-16-13(15)12-7-5-6-11(8-12)9(2)14-10(3)17;1-10(2)9-13(14,12(15)16-3)11-7-5-4-6-8-11/h9-17,19-20H,8,18H2,1-7H3,(H,30,31,35);5-9H,4H2,1-3H3,(H,14,17);4-8,10H,9,14H2,1-3H3/t20-,29?;9-;/m11./s1. The zero-order valence-corrected chi connectivity index (χ0v) is 43.9. The number of carbonyl (C=O) groups excluding carboxylic acids is 5. The highest BCUT2D eigenvalue weighted by Crippen LogP contribution is 2.42. The number of aliphatic imine (C=N–C) groups is 1. The largest absolute Gasteiger partial charge is 0.467 e. The Labute approximate surface area is 420 Å². The Hall–Kier alpha value is -6.45. The maximum absolute atomic E-state index is 14.3. The van der Waals surface area contributed by atoms with Crippen LogP contribution in [0.5, 0.6) is 0 Å². The second-order valence-corrected chi connectivity index (χ2v) is 19.4. The third-order valence-corrected chi connectivity index (χ3v) is 10.9. The lowest BCUT2D eigenvalue weighted by molar-refractivity contribution is -0.148. The molecule has 70 heavy (non-hydrogen) atoms. The molecule has 0 saturated heterocycles. The van der Waals surface area contributed by atoms with Crippen LogP contribution in [0.1, 0.15) is 151 Å². The van der Waals surface area contributed by atoms with Crippen molar-refractivity contribution in [2.45, 2.75) is 125 Å². The van der Waals surface area contributed by atoms with Crippen LogP contribution in [0.15, 0.2) is 114 Å². The quantitative estimate of drug-likeness (QED) is 0.0582. The van der Waals surface area contributed by atoms with Crippen LogP contribution < -0.4 is 16.4 Å². The Balaban J connectivity index is 0.000000324. The van der Waals surface area contributed by atoms with Gasteiger partial charge in [-0.2, -0.15) is 0 Å². The summed E-state index contributed by atoms with van der Waals surface area (Å²) in [6, 6.07) is 32.6. The Bertz CT molecular complexity index is 2420. The smallest absolute Gasteiger partial charge is 0.414 e. The van der Waals surface area contributed by atoms with Crippen LogP contribution in [0, 0.1) is 11.8 Å². The number of alkyl carbamates (subject to hydrolysis) is 1. The van der Waals surface area contributed by atoms with Gasteiger partial charge in [0.15, 0.2) is 5.54 Å². The number of amides is 2. The third kappa shape index (κ3) is 16.3. The summed E-state index contributed by atoms with van der Waals surface area (Å²) in [5, 5.41) is 5.86. The minimum absolute atomic E-state index is 0.0851. The number of thiocarbonyl (C=S) groups is 1. The van der Waals surface area contributed by atoms with Crippen molar-refractivity contribution in [3.05, 3.63) is 143 Å². The van der Waals surface area contributed by atoms with Crippen LogP contribution in [0.4, 0.5) is 4.79 Å². The van der Waals surface area contributed by atoms with Crippen LogP contribution in [0.25, 0.3) is 0 Å². The zero-order chi connectivity index (χ0) is 52.4. The minimum atomic E-state index is -1.22. The first-order chi connectivity index (χ1) is 32.9. The van der Waals surface area contributed by atoms with Crippen molar-refractivity contribution >= 4 is 53.1 Å². The van der Waals surface area contributed by atoms with E-state index >= 15 is 0 Å². The number of hydrogen-bond donors (Lipinski definition) is 3. The molecule has 4 atom stereocenters. The number of carbonyl (C=O) groups is 5. The van der Waals surface area contributed by atoms with E-state index in [1.807, 2.05) is 133 Å². The van der Waals surface area contributed by atoms with Crippen molar-refractivity contribution in [2.24, 2.45) is 22.6 Å². The summed E-state index contributed by atoms with van der Waals surface area (Å²) >= 11 is 5.00. The van der Waals surface area contributed by atoms with Crippen molar-refractivity contribution in [1.29, 1.82) is 0 Å². The van der Waals surface area contributed by atoms with E-state index < -0.39 is 34.8 Å². The lowest BCUT2D eigenvalue weighted by atomic mass is 9.82. The van der Waals surface area contributed by atoms with Crippen molar-refractivity contribution in [3.63, 3.8) is 0 Å². The molecule has 4 aromatic carbocycles. The average molecular weight is 980 g/mol. The Morgan fingerprint density at radius 2 is 1.27 bits per heavy atom. The fourth-order valence-corrected chi connectivity index (χ4v) is 8.05. The van der Waals surface area contributed by atoms with Gasteiger partial charge in [0.1, 0.15) is 11.1 Å². The van der Waals surface area contributed by atoms with Gasteiger partial charge >= 0.3 is 24.0 Å². The van der Waals surface area contributed by atoms with Gasteiger partial charge in [-0.05, 0) is 127 Å². The normalized spacial score (nSPS) is 15.9. The highest BCUT2D eigenvalue weighted by atomic mass is 32.1. The van der Waals surface area contributed by atoms with Crippen molar-refractivity contribution < 1.29 is 42.9 Å². The van der Waals surface area contributed by atoms with E-state index in [2.05, 4.69) is 10.6 Å². The molecule has 0 radical (unpaired) electrons. The summed E-state index contributed by atoms with van der Waals surface area (Å²) < 4.78 is 20.4. The summed E-state index contributed by atoms with van der Waals surface area (Å²) in [6.45, 7) is 23.3. The number of ether oxygens (including phenoxy) is 4. The molecule has 1 aliphatic heterocycles. The fourth-order valence-electron chi connectivity index (χ4n) is 7.87. The van der Waals surface area contributed by atoms with Gasteiger partial charge in [-0.25, -0.2) is 24.2 Å². The molecule has 0 aliphatic carbocycles. The molecule has 2 amide bonds. The first kappa shape index (κ1) is 57.9. The molecule has 0 fully saturated rings. The first-order valence-corrected chi connectivity index (χ1v) is 24.1. The van der Waals surface area contributed by atoms with Gasteiger partial charge in [-0.15, -0.1) is 0 Å². The van der Waals surface area contributed by atoms with Crippen LogP contribution in [-0.2, 0) is 39.6 Å². The molecule has 2 unspecified atom stereocenters. The predicted molar refractivity (Wildman–Crippen MR) is 278 cm³/mol. The minimum Gasteiger partial charge on any atom is -0.467 e. The summed E-state index contributed by atoms with van der Waals surface area (Å²) in [7, 11) is 1.37. The number of rotatable bonds is 15. The number of esters is 3. The number of nitrogens with two attached hydrogens (primary N) is 1. The van der Waals surface area contributed by atoms with Gasteiger partial charge in [-0.3, -0.25) is 15.0 Å². The van der Waals surface area contributed by atoms with Crippen molar-refractivity contribution in [2.75, 3.05) is 20.3 Å². The number of hydrogen-bond acceptors (Lipinski definition) is 12. The molecule has 15 heteroatoms. The van der Waals surface area contributed by atoms with E-state index in [0.717, 1.165) is 21.7 Å². The van der Waals surface area contributed by atoms with E-state index in [9.17, 15) is 24.0 Å². The fraction of sp³-hybridized carbons (Fsp3) is 0.436. The molecule has 0 spiro atoms. The molecule has 0 bridgehead atoms. The van der Waals surface area contributed by atoms with E-state index in [1.165, 1.54) is 12.0 Å². The van der Waals surface area contributed by atoms with Crippen molar-refractivity contribution in [1.82, 2.24) is 15.5 Å². The topological polar surface area (TPSA) is 188 Å². The lowest BCUT2D eigenvalue weighted by Crippen LogP contribution is -2.48. The van der Waals surface area contributed by atoms with Gasteiger partial charge in [0.05, 0.1) is 42.5 Å². The second kappa shape index (κ2) is 26.5. The molecule has 4 N–H and O–H groups in total. The van der Waals surface area contributed by atoms with E-state index in [1.54, 1.807) is 58.9 Å². The van der Waals surface area contributed by atoms with Crippen LogP contribution >= 0.6 is 12.2 Å². The van der Waals surface area contributed by atoms with Gasteiger partial charge in [0.2, 0.25) is 5.96 Å². The van der Waals surface area contributed by atoms with Crippen LogP contribution in [-0.4, -0.2) is 71.7 Å². The summed E-state index contributed by atoms with van der Waals surface area (Å²) in [5.41, 5.74) is 7.43. The number of benzene rings is 4. The monoisotopic (exact) mass is 980 g/mol. The van der Waals surface area contributed by atoms with Crippen LogP contribution in [0.2, 0.25) is 0 Å². The molecule has 14 nitrogen and oxygen atoms in total. The number of nitrogens with zero attached hydrogens (tertiary/aromatic N) is 2. The Morgan fingerprint density at radius 1 is 0.757 bits per heavy atom. The molecular weight excluding hydrogens is 907 g/mol. The molecule has 1 heterocycles. The van der Waals surface area contributed by atoms with Gasteiger partial charge < -0.3 is 30.0 Å². The molecule has 0 saturated carbocycles. The number of methoxy groups -OCH3 is 1. The molecule has 0 aromatic heterocycles. The van der Waals surface area contributed by atoms with E-state index in [4.69, 9.17) is 41.9 Å². The second-order valence-electron chi connectivity index (χ2n) is 18.8. The Morgan fingerprint density at radius 3 is 1.74 bits per heavy atom. The molecular formula is C55H73N5O9S. The highest BCUT2D eigenvalue weighted by Gasteiger charge is 2.52.